The number of nitrogens with two attached hydrogens (primary N) is 1. The van der Waals surface area contributed by atoms with Crippen LogP contribution < -0.4 is 11.1 Å². The zero-order valence-electron chi connectivity index (χ0n) is 14.3. The summed E-state index contributed by atoms with van der Waals surface area (Å²) in [5.41, 5.74) is 8.17. The molecular formula is C19H15N5O2S. The van der Waals surface area contributed by atoms with Crippen molar-refractivity contribution in [1.82, 2.24) is 15.0 Å². The molecule has 0 aliphatic heterocycles. The molecule has 0 atom stereocenters. The van der Waals surface area contributed by atoms with Gasteiger partial charge in [0.15, 0.2) is 5.69 Å². The van der Waals surface area contributed by atoms with E-state index in [2.05, 4.69) is 20.3 Å². The number of rotatable bonds is 4. The maximum Gasteiger partial charge on any atom is 0.278 e. The lowest BCUT2D eigenvalue weighted by atomic mass is 10.1. The molecule has 1 amide bonds. The van der Waals surface area contributed by atoms with Crippen molar-refractivity contribution >= 4 is 28.1 Å². The Labute approximate surface area is 158 Å². The van der Waals surface area contributed by atoms with Gasteiger partial charge in [0.05, 0.1) is 5.01 Å². The van der Waals surface area contributed by atoms with Crippen molar-refractivity contribution in [3.8, 4) is 22.7 Å². The van der Waals surface area contributed by atoms with Gasteiger partial charge in [0.25, 0.3) is 5.91 Å². The minimum Gasteiger partial charge on any atom is -0.444 e. The van der Waals surface area contributed by atoms with E-state index in [0.717, 1.165) is 16.3 Å². The van der Waals surface area contributed by atoms with Gasteiger partial charge < -0.3 is 15.5 Å². The van der Waals surface area contributed by atoms with Crippen LogP contribution in [0, 0.1) is 6.92 Å². The lowest BCUT2D eigenvalue weighted by Gasteiger charge is -2.03. The van der Waals surface area contributed by atoms with Crippen LogP contribution in [0.2, 0.25) is 0 Å². The highest BCUT2D eigenvalue weighted by Crippen LogP contribution is 2.33. The summed E-state index contributed by atoms with van der Waals surface area (Å²) < 4.78 is 5.42. The van der Waals surface area contributed by atoms with E-state index in [9.17, 15) is 4.79 Å². The number of nitrogens with zero attached hydrogens (tertiary/aromatic N) is 3. The zero-order chi connectivity index (χ0) is 18.8. The number of thiazole rings is 1. The molecule has 0 aliphatic rings. The number of aryl methyl sites for hydroxylation is 1. The van der Waals surface area contributed by atoms with Crippen molar-refractivity contribution in [2.75, 3.05) is 11.1 Å². The van der Waals surface area contributed by atoms with Gasteiger partial charge in [0, 0.05) is 17.3 Å². The van der Waals surface area contributed by atoms with Crippen LogP contribution >= 0.6 is 11.3 Å². The highest BCUT2D eigenvalue weighted by molar-refractivity contribution is 7.16. The SMILES string of the molecule is Cc1nc(-c2ccccc2)c(NC(=O)c2coc(-c3ccnc(N)c3)n2)s1. The third-order valence-corrected chi connectivity index (χ3v) is 4.66. The van der Waals surface area contributed by atoms with Crippen LogP contribution in [0.5, 0.6) is 0 Å². The first-order chi connectivity index (χ1) is 13.1. The summed E-state index contributed by atoms with van der Waals surface area (Å²) in [6, 6.07) is 13.0. The molecule has 4 aromatic rings. The van der Waals surface area contributed by atoms with Gasteiger partial charge in [-0.05, 0) is 19.1 Å². The van der Waals surface area contributed by atoms with Crippen molar-refractivity contribution < 1.29 is 9.21 Å². The van der Waals surface area contributed by atoms with E-state index in [1.807, 2.05) is 37.3 Å². The highest BCUT2D eigenvalue weighted by Gasteiger charge is 2.18. The van der Waals surface area contributed by atoms with Crippen LogP contribution in [0.25, 0.3) is 22.7 Å². The van der Waals surface area contributed by atoms with Crippen LogP contribution in [0.4, 0.5) is 10.8 Å². The summed E-state index contributed by atoms with van der Waals surface area (Å²) >= 11 is 1.41. The fourth-order valence-corrected chi connectivity index (χ4v) is 3.40. The van der Waals surface area contributed by atoms with Gasteiger partial charge in [-0.15, -0.1) is 11.3 Å². The summed E-state index contributed by atoms with van der Waals surface area (Å²) in [6.07, 6.45) is 2.87. The van der Waals surface area contributed by atoms with Gasteiger partial charge in [0.1, 0.15) is 22.8 Å². The van der Waals surface area contributed by atoms with Crippen molar-refractivity contribution in [3.63, 3.8) is 0 Å². The Balaban J connectivity index is 1.59. The van der Waals surface area contributed by atoms with Crippen molar-refractivity contribution in [2.45, 2.75) is 6.92 Å². The number of amides is 1. The van der Waals surface area contributed by atoms with Crippen LogP contribution in [-0.4, -0.2) is 20.9 Å². The molecule has 0 unspecified atom stereocenters. The highest BCUT2D eigenvalue weighted by atomic mass is 32.1. The minimum atomic E-state index is -0.368. The molecule has 0 fully saturated rings. The third-order valence-electron chi connectivity index (χ3n) is 3.77. The number of hydrogen-bond donors (Lipinski definition) is 2. The van der Waals surface area contributed by atoms with Gasteiger partial charge in [-0.1, -0.05) is 30.3 Å². The molecule has 0 radical (unpaired) electrons. The molecule has 0 aliphatic carbocycles. The molecule has 3 aromatic heterocycles. The fourth-order valence-electron chi connectivity index (χ4n) is 2.56. The lowest BCUT2D eigenvalue weighted by Crippen LogP contribution is -2.12. The Morgan fingerprint density at radius 2 is 1.96 bits per heavy atom. The van der Waals surface area contributed by atoms with Gasteiger partial charge >= 0.3 is 0 Å². The Kier molecular flexibility index (Phi) is 4.39. The summed E-state index contributed by atoms with van der Waals surface area (Å²) in [4.78, 5) is 25.3. The van der Waals surface area contributed by atoms with Gasteiger partial charge in [-0.2, -0.15) is 0 Å². The fraction of sp³-hybridized carbons (Fsp3) is 0.0526. The molecule has 0 saturated carbocycles. The van der Waals surface area contributed by atoms with E-state index in [1.54, 1.807) is 18.3 Å². The Morgan fingerprint density at radius 3 is 2.74 bits per heavy atom. The van der Waals surface area contributed by atoms with E-state index in [1.165, 1.54) is 17.6 Å². The molecule has 134 valence electrons. The van der Waals surface area contributed by atoms with Crippen LogP contribution in [-0.2, 0) is 0 Å². The van der Waals surface area contributed by atoms with Crippen LogP contribution in [0.15, 0.2) is 59.3 Å². The molecule has 0 bridgehead atoms. The van der Waals surface area contributed by atoms with Crippen molar-refractivity contribution in [1.29, 1.82) is 0 Å². The first-order valence-electron chi connectivity index (χ1n) is 8.12. The van der Waals surface area contributed by atoms with Crippen LogP contribution in [0.3, 0.4) is 0 Å². The second kappa shape index (κ2) is 7.00. The second-order valence-electron chi connectivity index (χ2n) is 5.74. The maximum atomic E-state index is 12.6. The maximum absolute atomic E-state index is 12.6. The summed E-state index contributed by atoms with van der Waals surface area (Å²) in [5, 5.41) is 4.41. The Hall–Kier alpha value is -3.52. The number of carbonyl (C=O) groups is 1. The number of nitrogen functional groups attached to an aromatic ring is 1. The molecule has 0 spiro atoms. The number of aromatic nitrogens is 3. The van der Waals surface area contributed by atoms with E-state index in [-0.39, 0.29) is 11.6 Å². The molecule has 3 N–H and O–H groups in total. The van der Waals surface area contributed by atoms with E-state index in [4.69, 9.17) is 10.2 Å². The summed E-state index contributed by atoms with van der Waals surface area (Å²) in [7, 11) is 0. The summed E-state index contributed by atoms with van der Waals surface area (Å²) in [6.45, 7) is 1.90. The third kappa shape index (κ3) is 3.56. The molecule has 8 heteroatoms. The van der Waals surface area contributed by atoms with Gasteiger partial charge in [-0.25, -0.2) is 15.0 Å². The first kappa shape index (κ1) is 16.9. The predicted octanol–water partition coefficient (Wildman–Crippen LogP) is 4.00. The number of hydrogen-bond acceptors (Lipinski definition) is 7. The van der Waals surface area contributed by atoms with Gasteiger partial charge in [-0.3, -0.25) is 4.79 Å². The number of carbonyl (C=O) groups excluding carboxylic acids is 1. The number of benzene rings is 1. The average Bonchev–Trinajstić information content (AvgIpc) is 3.29. The molecule has 7 nitrogen and oxygen atoms in total. The van der Waals surface area contributed by atoms with E-state index < -0.39 is 0 Å². The van der Waals surface area contributed by atoms with E-state index in [0.29, 0.717) is 22.3 Å². The Bertz CT molecular complexity index is 1100. The molecule has 0 saturated heterocycles. The largest absolute Gasteiger partial charge is 0.444 e. The quantitative estimate of drug-likeness (QED) is 0.556. The molecule has 27 heavy (non-hydrogen) atoms. The van der Waals surface area contributed by atoms with Gasteiger partial charge in [0.2, 0.25) is 5.89 Å². The minimum absolute atomic E-state index is 0.172. The number of anilines is 2. The lowest BCUT2D eigenvalue weighted by molar-refractivity contribution is 0.102. The number of pyridine rings is 1. The standard InChI is InChI=1S/C19H15N5O2S/c1-11-22-16(12-5-3-2-4-6-12)19(27-11)24-17(25)14-10-26-18(23-14)13-7-8-21-15(20)9-13/h2-10H,1H3,(H2,20,21)(H,24,25). The van der Waals surface area contributed by atoms with Crippen molar-refractivity contribution in [3.05, 3.63) is 65.6 Å². The number of oxazole rings is 1. The monoisotopic (exact) mass is 377 g/mol. The molecule has 4 rings (SSSR count). The normalized spacial score (nSPS) is 10.7. The second-order valence-corrected chi connectivity index (χ2v) is 6.94. The predicted molar refractivity (Wildman–Crippen MR) is 104 cm³/mol. The smallest absolute Gasteiger partial charge is 0.278 e. The Morgan fingerprint density at radius 1 is 1.15 bits per heavy atom. The topological polar surface area (TPSA) is 107 Å². The first-order valence-corrected chi connectivity index (χ1v) is 8.93. The summed E-state index contributed by atoms with van der Waals surface area (Å²) in [5.74, 6) is 0.287. The van der Waals surface area contributed by atoms with Crippen molar-refractivity contribution in [2.24, 2.45) is 0 Å². The van der Waals surface area contributed by atoms with E-state index >= 15 is 0 Å². The zero-order valence-corrected chi connectivity index (χ0v) is 15.2. The average molecular weight is 377 g/mol. The number of nitrogens with one attached hydrogen (secondary N) is 1. The molecule has 3 heterocycles. The molecule has 1 aromatic carbocycles. The molecular weight excluding hydrogens is 362 g/mol. The van der Waals surface area contributed by atoms with Crippen LogP contribution in [0.1, 0.15) is 15.5 Å².